The third-order valence-corrected chi connectivity index (χ3v) is 3.10. The molecule has 0 saturated carbocycles. The molecule has 0 spiro atoms. The zero-order valence-electron chi connectivity index (χ0n) is 11.7. The molecule has 1 heterocycles. The van der Waals surface area contributed by atoms with Gasteiger partial charge in [0.1, 0.15) is 0 Å². The topological polar surface area (TPSA) is 56.9 Å². The van der Waals surface area contributed by atoms with Crippen LogP contribution >= 0.6 is 0 Å². The van der Waals surface area contributed by atoms with Crippen molar-refractivity contribution in [3.05, 3.63) is 36.0 Å². The lowest BCUT2D eigenvalue weighted by Crippen LogP contribution is -2.44. The van der Waals surface area contributed by atoms with E-state index in [2.05, 4.69) is 27.8 Å². The summed E-state index contributed by atoms with van der Waals surface area (Å²) in [4.78, 5) is 15.0. The zero-order chi connectivity index (χ0) is 13.8. The molecule has 1 atom stereocenters. The van der Waals surface area contributed by atoms with E-state index in [1.165, 1.54) is 10.9 Å². The van der Waals surface area contributed by atoms with E-state index < -0.39 is 0 Å². The highest BCUT2D eigenvalue weighted by Crippen LogP contribution is 2.16. The Morgan fingerprint density at radius 2 is 2.05 bits per heavy atom. The Morgan fingerprint density at radius 3 is 2.79 bits per heavy atom. The Morgan fingerprint density at radius 1 is 1.26 bits per heavy atom. The summed E-state index contributed by atoms with van der Waals surface area (Å²) in [5, 5.41) is 7.35. The second-order valence-electron chi connectivity index (χ2n) is 5.12. The van der Waals surface area contributed by atoms with Crippen molar-refractivity contribution in [2.75, 3.05) is 0 Å². The Balaban J connectivity index is 1.98. The summed E-state index contributed by atoms with van der Waals surface area (Å²) in [5.74, 6) is 0.0358. The summed E-state index contributed by atoms with van der Waals surface area (Å²) in [6, 6.07) is 8.19. The number of aromatic nitrogens is 1. The molecule has 1 aromatic carbocycles. The van der Waals surface area contributed by atoms with E-state index in [0.29, 0.717) is 6.54 Å². The standard InChI is InChI=1S/C15H21N3O/c1-10(2)18-15(19)11(3)17-9-13-6-4-5-12-7-8-16-14(12)13/h4-8,10-11,16-17H,9H2,1-3H3,(H,18,19). The summed E-state index contributed by atoms with van der Waals surface area (Å²) in [6.07, 6.45) is 1.93. The molecular weight excluding hydrogens is 238 g/mol. The number of carbonyl (C=O) groups is 1. The third kappa shape index (κ3) is 3.35. The van der Waals surface area contributed by atoms with Crippen LogP contribution in [0.5, 0.6) is 0 Å². The number of benzene rings is 1. The van der Waals surface area contributed by atoms with Crippen LogP contribution in [0.2, 0.25) is 0 Å². The number of rotatable bonds is 5. The SMILES string of the molecule is CC(C)NC(=O)C(C)NCc1cccc2cc[nH]c12. The van der Waals surface area contributed by atoms with Gasteiger partial charge in [-0.05, 0) is 37.8 Å². The molecule has 0 aliphatic carbocycles. The number of hydrogen-bond donors (Lipinski definition) is 3. The molecule has 0 saturated heterocycles. The van der Waals surface area contributed by atoms with Gasteiger partial charge < -0.3 is 15.6 Å². The molecule has 1 unspecified atom stereocenters. The Kier molecular flexibility index (Phi) is 4.22. The van der Waals surface area contributed by atoms with E-state index in [4.69, 9.17) is 0 Å². The first-order valence-corrected chi connectivity index (χ1v) is 6.66. The molecule has 2 rings (SSSR count). The fourth-order valence-electron chi connectivity index (χ4n) is 2.06. The number of aromatic amines is 1. The normalized spacial score (nSPS) is 12.8. The van der Waals surface area contributed by atoms with E-state index in [0.717, 1.165) is 5.52 Å². The maximum absolute atomic E-state index is 11.8. The molecule has 4 heteroatoms. The Labute approximate surface area is 113 Å². The van der Waals surface area contributed by atoms with Crippen molar-refractivity contribution in [2.24, 2.45) is 0 Å². The van der Waals surface area contributed by atoms with E-state index in [-0.39, 0.29) is 18.0 Å². The van der Waals surface area contributed by atoms with Crippen molar-refractivity contribution >= 4 is 16.8 Å². The van der Waals surface area contributed by atoms with Gasteiger partial charge in [-0.3, -0.25) is 4.79 Å². The smallest absolute Gasteiger partial charge is 0.237 e. The van der Waals surface area contributed by atoms with Crippen LogP contribution in [0.3, 0.4) is 0 Å². The van der Waals surface area contributed by atoms with Crippen LogP contribution in [0.1, 0.15) is 26.3 Å². The minimum atomic E-state index is -0.201. The summed E-state index contributed by atoms with van der Waals surface area (Å²) >= 11 is 0. The zero-order valence-corrected chi connectivity index (χ0v) is 11.7. The van der Waals surface area contributed by atoms with Gasteiger partial charge in [-0.2, -0.15) is 0 Å². The molecule has 0 aliphatic heterocycles. The molecule has 19 heavy (non-hydrogen) atoms. The highest BCUT2D eigenvalue weighted by atomic mass is 16.2. The number of hydrogen-bond acceptors (Lipinski definition) is 2. The second kappa shape index (κ2) is 5.89. The average molecular weight is 259 g/mol. The fourth-order valence-corrected chi connectivity index (χ4v) is 2.06. The van der Waals surface area contributed by atoms with Crippen molar-refractivity contribution in [3.63, 3.8) is 0 Å². The minimum absolute atomic E-state index is 0.0358. The van der Waals surface area contributed by atoms with E-state index in [9.17, 15) is 4.79 Å². The van der Waals surface area contributed by atoms with Crippen LogP contribution in [-0.4, -0.2) is 23.0 Å². The maximum atomic E-state index is 11.8. The number of nitrogens with one attached hydrogen (secondary N) is 3. The first kappa shape index (κ1) is 13.6. The van der Waals surface area contributed by atoms with Gasteiger partial charge in [0.25, 0.3) is 0 Å². The van der Waals surface area contributed by atoms with Gasteiger partial charge in [0.2, 0.25) is 5.91 Å². The molecule has 4 nitrogen and oxygen atoms in total. The largest absolute Gasteiger partial charge is 0.361 e. The Bertz CT molecular complexity index is 559. The van der Waals surface area contributed by atoms with Crippen LogP contribution in [0.15, 0.2) is 30.5 Å². The Hall–Kier alpha value is -1.81. The van der Waals surface area contributed by atoms with Gasteiger partial charge >= 0.3 is 0 Å². The summed E-state index contributed by atoms with van der Waals surface area (Å²) in [6.45, 7) is 6.48. The van der Waals surface area contributed by atoms with Gasteiger partial charge in [0.15, 0.2) is 0 Å². The summed E-state index contributed by atoms with van der Waals surface area (Å²) in [5.41, 5.74) is 2.30. The molecule has 3 N–H and O–H groups in total. The van der Waals surface area contributed by atoms with E-state index in [1.54, 1.807) is 0 Å². The van der Waals surface area contributed by atoms with E-state index in [1.807, 2.05) is 39.1 Å². The highest BCUT2D eigenvalue weighted by Gasteiger charge is 2.13. The number of fused-ring (bicyclic) bond motifs is 1. The van der Waals surface area contributed by atoms with Gasteiger partial charge in [0, 0.05) is 24.3 Å². The molecule has 0 fully saturated rings. The van der Waals surface area contributed by atoms with Crippen LogP contribution in [-0.2, 0) is 11.3 Å². The predicted molar refractivity (Wildman–Crippen MR) is 77.9 cm³/mol. The van der Waals surface area contributed by atoms with Crippen LogP contribution in [0.25, 0.3) is 10.9 Å². The number of para-hydroxylation sites is 1. The monoisotopic (exact) mass is 259 g/mol. The van der Waals surface area contributed by atoms with Gasteiger partial charge in [-0.25, -0.2) is 0 Å². The molecule has 1 amide bonds. The molecule has 0 aliphatic rings. The third-order valence-electron chi connectivity index (χ3n) is 3.10. The lowest BCUT2D eigenvalue weighted by atomic mass is 10.1. The van der Waals surface area contributed by atoms with Crippen molar-refractivity contribution < 1.29 is 4.79 Å². The van der Waals surface area contributed by atoms with Gasteiger partial charge in [-0.1, -0.05) is 18.2 Å². The molecule has 2 aromatic rings. The predicted octanol–water partition coefficient (Wildman–Crippen LogP) is 2.17. The highest BCUT2D eigenvalue weighted by molar-refractivity contribution is 5.83. The maximum Gasteiger partial charge on any atom is 0.237 e. The van der Waals surface area contributed by atoms with Gasteiger partial charge in [0.05, 0.1) is 6.04 Å². The second-order valence-corrected chi connectivity index (χ2v) is 5.12. The van der Waals surface area contributed by atoms with Crippen molar-refractivity contribution in [2.45, 2.75) is 39.4 Å². The van der Waals surface area contributed by atoms with Crippen molar-refractivity contribution in [1.82, 2.24) is 15.6 Å². The number of amides is 1. The lowest BCUT2D eigenvalue weighted by Gasteiger charge is -2.16. The fraction of sp³-hybridized carbons (Fsp3) is 0.400. The van der Waals surface area contributed by atoms with Crippen LogP contribution in [0, 0.1) is 0 Å². The van der Waals surface area contributed by atoms with E-state index >= 15 is 0 Å². The minimum Gasteiger partial charge on any atom is -0.361 e. The summed E-state index contributed by atoms with van der Waals surface area (Å²) < 4.78 is 0. The average Bonchev–Trinajstić information content (AvgIpc) is 2.83. The van der Waals surface area contributed by atoms with Gasteiger partial charge in [-0.15, -0.1) is 0 Å². The lowest BCUT2D eigenvalue weighted by molar-refractivity contribution is -0.123. The first-order valence-electron chi connectivity index (χ1n) is 6.66. The van der Waals surface area contributed by atoms with Crippen LogP contribution in [0.4, 0.5) is 0 Å². The summed E-state index contributed by atoms with van der Waals surface area (Å²) in [7, 11) is 0. The molecule has 102 valence electrons. The van der Waals surface area contributed by atoms with Crippen molar-refractivity contribution in [1.29, 1.82) is 0 Å². The molecule has 0 bridgehead atoms. The molecule has 1 aromatic heterocycles. The molecular formula is C15H21N3O. The molecule has 0 radical (unpaired) electrons. The number of carbonyl (C=O) groups excluding carboxylic acids is 1. The first-order chi connectivity index (χ1) is 9.08. The van der Waals surface area contributed by atoms with Crippen molar-refractivity contribution in [3.8, 4) is 0 Å². The quantitative estimate of drug-likeness (QED) is 0.770. The number of H-pyrrole nitrogens is 1. The van der Waals surface area contributed by atoms with Crippen LogP contribution < -0.4 is 10.6 Å².